The van der Waals surface area contributed by atoms with Crippen molar-refractivity contribution in [1.29, 1.82) is 0 Å². The van der Waals surface area contributed by atoms with Crippen LogP contribution >= 0.6 is 0 Å². The van der Waals surface area contributed by atoms with E-state index in [-0.39, 0.29) is 0 Å². The topological polar surface area (TPSA) is 12.0 Å². The molecule has 80 valence electrons. The molecule has 2 aliphatic carbocycles. The van der Waals surface area contributed by atoms with Gasteiger partial charge in [0.1, 0.15) is 0 Å². The first-order valence-corrected chi connectivity index (χ1v) is 6.16. The van der Waals surface area contributed by atoms with E-state index in [9.17, 15) is 0 Å². The Hall–Kier alpha value is -0.980. The summed E-state index contributed by atoms with van der Waals surface area (Å²) in [6.07, 6.45) is 4.38. The highest BCUT2D eigenvalue weighted by Gasteiger charge is 2.44. The van der Waals surface area contributed by atoms with Gasteiger partial charge in [-0.3, -0.25) is 0 Å². The molecule has 1 heteroatoms. The minimum atomic E-state index is 0.728. The van der Waals surface area contributed by atoms with Gasteiger partial charge in [0.25, 0.3) is 0 Å². The van der Waals surface area contributed by atoms with Crippen molar-refractivity contribution in [3.63, 3.8) is 0 Å². The number of benzene rings is 1. The zero-order valence-electron chi connectivity index (χ0n) is 9.32. The summed E-state index contributed by atoms with van der Waals surface area (Å²) in [6.45, 7) is 2.42. The molecule has 1 N–H and O–H groups in total. The van der Waals surface area contributed by atoms with Crippen LogP contribution in [0.25, 0.3) is 0 Å². The standard InChI is InChI=1S/C14H19N/c1-10-11-7-8-12(9-11)14(10)15-13-5-3-2-4-6-13/h2-6,10-12,14-15H,7-9H2,1H3. The van der Waals surface area contributed by atoms with Crippen LogP contribution in [0.4, 0.5) is 5.69 Å². The third-order valence-corrected chi connectivity index (χ3v) is 4.44. The summed E-state index contributed by atoms with van der Waals surface area (Å²) < 4.78 is 0. The van der Waals surface area contributed by atoms with Gasteiger partial charge in [-0.05, 0) is 49.1 Å². The second-order valence-corrected chi connectivity index (χ2v) is 5.23. The monoisotopic (exact) mass is 201 g/mol. The van der Waals surface area contributed by atoms with Crippen molar-refractivity contribution in [3.05, 3.63) is 30.3 Å². The lowest BCUT2D eigenvalue weighted by Gasteiger charge is -2.30. The van der Waals surface area contributed by atoms with Gasteiger partial charge < -0.3 is 5.32 Å². The number of rotatable bonds is 2. The van der Waals surface area contributed by atoms with Crippen LogP contribution in [-0.4, -0.2) is 6.04 Å². The normalized spacial score (nSPS) is 38.2. The Morgan fingerprint density at radius 1 is 1.07 bits per heavy atom. The largest absolute Gasteiger partial charge is 0.382 e. The van der Waals surface area contributed by atoms with Gasteiger partial charge in [-0.1, -0.05) is 25.1 Å². The van der Waals surface area contributed by atoms with Gasteiger partial charge in [-0.25, -0.2) is 0 Å². The van der Waals surface area contributed by atoms with E-state index in [0.717, 1.165) is 23.8 Å². The molecule has 0 amide bonds. The number of anilines is 1. The highest BCUT2D eigenvalue weighted by atomic mass is 15.0. The molecule has 0 saturated heterocycles. The van der Waals surface area contributed by atoms with Gasteiger partial charge in [-0.2, -0.15) is 0 Å². The molecule has 3 rings (SSSR count). The quantitative estimate of drug-likeness (QED) is 0.771. The van der Waals surface area contributed by atoms with Crippen LogP contribution in [0.2, 0.25) is 0 Å². The zero-order chi connectivity index (χ0) is 10.3. The first-order chi connectivity index (χ1) is 7.34. The van der Waals surface area contributed by atoms with Crippen molar-refractivity contribution in [2.45, 2.75) is 32.2 Å². The van der Waals surface area contributed by atoms with Crippen LogP contribution in [0.15, 0.2) is 30.3 Å². The van der Waals surface area contributed by atoms with E-state index in [2.05, 4.69) is 42.6 Å². The molecule has 0 spiro atoms. The van der Waals surface area contributed by atoms with E-state index >= 15 is 0 Å². The van der Waals surface area contributed by atoms with Crippen LogP contribution < -0.4 is 5.32 Å². The van der Waals surface area contributed by atoms with Crippen molar-refractivity contribution in [2.75, 3.05) is 5.32 Å². The molecule has 0 radical (unpaired) electrons. The van der Waals surface area contributed by atoms with Gasteiger partial charge in [0.15, 0.2) is 0 Å². The first kappa shape index (κ1) is 9.26. The predicted octanol–water partition coefficient (Wildman–Crippen LogP) is 3.53. The molecular weight excluding hydrogens is 182 g/mol. The highest BCUT2D eigenvalue weighted by Crippen LogP contribution is 2.49. The molecule has 4 atom stereocenters. The number of hydrogen-bond donors (Lipinski definition) is 1. The van der Waals surface area contributed by atoms with Crippen molar-refractivity contribution >= 4 is 5.69 Å². The van der Waals surface area contributed by atoms with E-state index in [0.29, 0.717) is 0 Å². The van der Waals surface area contributed by atoms with Crippen LogP contribution in [0.1, 0.15) is 26.2 Å². The van der Waals surface area contributed by atoms with Crippen LogP contribution in [0, 0.1) is 17.8 Å². The molecule has 4 unspecified atom stereocenters. The average Bonchev–Trinajstić information content (AvgIpc) is 2.84. The summed E-state index contributed by atoms with van der Waals surface area (Å²) in [6, 6.07) is 11.4. The molecule has 2 saturated carbocycles. The fraction of sp³-hybridized carbons (Fsp3) is 0.571. The fourth-order valence-corrected chi connectivity index (χ4v) is 3.56. The van der Waals surface area contributed by atoms with Crippen LogP contribution in [-0.2, 0) is 0 Å². The SMILES string of the molecule is CC1C2CCC(C2)C1Nc1ccccc1. The van der Waals surface area contributed by atoms with Gasteiger partial charge in [0, 0.05) is 11.7 Å². The minimum Gasteiger partial charge on any atom is -0.382 e. The lowest BCUT2D eigenvalue weighted by Crippen LogP contribution is -2.32. The Kier molecular flexibility index (Phi) is 2.19. The fourth-order valence-electron chi connectivity index (χ4n) is 3.56. The second-order valence-electron chi connectivity index (χ2n) is 5.23. The average molecular weight is 201 g/mol. The molecule has 2 aliphatic rings. The molecule has 1 aromatic rings. The Balaban J connectivity index is 1.74. The Bertz CT molecular complexity index is 330. The Labute approximate surface area is 91.9 Å². The maximum atomic E-state index is 3.72. The Morgan fingerprint density at radius 3 is 2.47 bits per heavy atom. The molecule has 2 bridgehead atoms. The number of hydrogen-bond acceptors (Lipinski definition) is 1. The van der Waals surface area contributed by atoms with Gasteiger partial charge >= 0.3 is 0 Å². The summed E-state index contributed by atoms with van der Waals surface area (Å²) in [5.41, 5.74) is 1.29. The molecule has 0 aliphatic heterocycles. The minimum absolute atomic E-state index is 0.728. The summed E-state index contributed by atoms with van der Waals surface area (Å²) in [7, 11) is 0. The van der Waals surface area contributed by atoms with Gasteiger partial charge in [0.05, 0.1) is 0 Å². The maximum Gasteiger partial charge on any atom is 0.0342 e. The highest BCUT2D eigenvalue weighted by molar-refractivity contribution is 5.44. The summed E-state index contributed by atoms with van der Waals surface area (Å²) >= 11 is 0. The number of nitrogens with one attached hydrogen (secondary N) is 1. The molecule has 1 aromatic carbocycles. The molecule has 15 heavy (non-hydrogen) atoms. The third kappa shape index (κ3) is 1.54. The lowest BCUT2D eigenvalue weighted by molar-refractivity contribution is 0.328. The van der Waals surface area contributed by atoms with Gasteiger partial charge in [0.2, 0.25) is 0 Å². The van der Waals surface area contributed by atoms with Crippen molar-refractivity contribution in [1.82, 2.24) is 0 Å². The summed E-state index contributed by atoms with van der Waals surface area (Å²) in [5.74, 6) is 2.80. The molecular formula is C14H19N. The smallest absolute Gasteiger partial charge is 0.0342 e. The lowest BCUT2D eigenvalue weighted by atomic mass is 9.86. The number of para-hydroxylation sites is 1. The molecule has 2 fully saturated rings. The van der Waals surface area contributed by atoms with Crippen LogP contribution in [0.5, 0.6) is 0 Å². The predicted molar refractivity (Wildman–Crippen MR) is 63.8 cm³/mol. The van der Waals surface area contributed by atoms with Crippen molar-refractivity contribution < 1.29 is 0 Å². The molecule has 0 aromatic heterocycles. The van der Waals surface area contributed by atoms with E-state index in [1.54, 1.807) is 0 Å². The summed E-state index contributed by atoms with van der Waals surface area (Å²) in [4.78, 5) is 0. The third-order valence-electron chi connectivity index (χ3n) is 4.44. The second kappa shape index (κ2) is 3.55. The molecule has 0 heterocycles. The first-order valence-electron chi connectivity index (χ1n) is 6.16. The van der Waals surface area contributed by atoms with Gasteiger partial charge in [-0.15, -0.1) is 0 Å². The molecule has 1 nitrogen and oxygen atoms in total. The van der Waals surface area contributed by atoms with Crippen molar-refractivity contribution in [2.24, 2.45) is 17.8 Å². The number of fused-ring (bicyclic) bond motifs is 2. The van der Waals surface area contributed by atoms with E-state index in [1.807, 2.05) is 0 Å². The zero-order valence-corrected chi connectivity index (χ0v) is 9.32. The Morgan fingerprint density at radius 2 is 1.80 bits per heavy atom. The summed E-state index contributed by atoms with van der Waals surface area (Å²) in [5, 5.41) is 3.72. The van der Waals surface area contributed by atoms with E-state index in [4.69, 9.17) is 0 Å². The van der Waals surface area contributed by atoms with E-state index in [1.165, 1.54) is 24.9 Å². The maximum absolute atomic E-state index is 3.72. The van der Waals surface area contributed by atoms with Crippen molar-refractivity contribution in [3.8, 4) is 0 Å². The van der Waals surface area contributed by atoms with E-state index < -0.39 is 0 Å². The van der Waals surface area contributed by atoms with Crippen LogP contribution in [0.3, 0.4) is 0 Å².